The number of nitrogens with zero attached hydrogens (tertiary/aromatic N) is 2. The fourth-order valence-electron chi connectivity index (χ4n) is 2.14. The van der Waals surface area contributed by atoms with Crippen LogP contribution in [0, 0.1) is 0 Å². The van der Waals surface area contributed by atoms with Gasteiger partial charge in [0.25, 0.3) is 0 Å². The van der Waals surface area contributed by atoms with Crippen LogP contribution < -0.4 is 0 Å². The van der Waals surface area contributed by atoms with Crippen LogP contribution >= 0.6 is 11.6 Å². The van der Waals surface area contributed by atoms with Gasteiger partial charge in [-0.3, -0.25) is 4.68 Å². The van der Waals surface area contributed by atoms with Gasteiger partial charge in [-0.1, -0.05) is 35.9 Å². The average Bonchev–Trinajstić information content (AvgIpc) is 2.81. The van der Waals surface area contributed by atoms with Crippen molar-refractivity contribution in [3.05, 3.63) is 52.3 Å². The lowest BCUT2D eigenvalue weighted by atomic mass is 10.0. The zero-order valence-electron chi connectivity index (χ0n) is 11.9. The second-order valence-electron chi connectivity index (χ2n) is 4.99. The van der Waals surface area contributed by atoms with Gasteiger partial charge in [0.05, 0.1) is 23.5 Å². The molecule has 108 valence electrons. The molecular weight excluding hydrogens is 276 g/mol. The molecule has 0 fully saturated rings. The molecule has 0 amide bonds. The van der Waals surface area contributed by atoms with E-state index in [9.17, 15) is 5.11 Å². The summed E-state index contributed by atoms with van der Waals surface area (Å²) in [6.45, 7) is 4.56. The normalized spacial score (nSPS) is 12.9. The Morgan fingerprint density at radius 1 is 1.30 bits per heavy atom. The number of hydrogen-bond donors (Lipinski definition) is 1. The minimum Gasteiger partial charge on any atom is -0.382 e. The maximum Gasteiger partial charge on any atom is 0.122 e. The highest BCUT2D eigenvalue weighted by Gasteiger charge is 2.21. The predicted octanol–water partition coefficient (Wildman–Crippen LogP) is 3.35. The van der Waals surface area contributed by atoms with Crippen LogP contribution in [0.2, 0.25) is 5.02 Å². The topological polar surface area (TPSA) is 47.3 Å². The standard InChI is InChI=1S/C15H19ClN2O2/c1-10(2)18-14(13(16)8-17-18)15(19)12-6-4-11(5-7-12)9-20-3/h4-8,10,15,19H,9H2,1-3H3. The van der Waals surface area contributed by atoms with Gasteiger partial charge in [0.1, 0.15) is 6.10 Å². The Morgan fingerprint density at radius 2 is 1.95 bits per heavy atom. The minimum absolute atomic E-state index is 0.139. The fraction of sp³-hybridized carbons (Fsp3) is 0.400. The number of hydrogen-bond acceptors (Lipinski definition) is 3. The van der Waals surface area contributed by atoms with E-state index in [2.05, 4.69) is 5.10 Å². The van der Waals surface area contributed by atoms with Gasteiger partial charge in [-0.05, 0) is 25.0 Å². The summed E-state index contributed by atoms with van der Waals surface area (Å²) in [5.41, 5.74) is 2.47. The maximum absolute atomic E-state index is 10.5. The van der Waals surface area contributed by atoms with Gasteiger partial charge in [-0.2, -0.15) is 5.10 Å². The minimum atomic E-state index is -0.788. The van der Waals surface area contributed by atoms with E-state index < -0.39 is 6.10 Å². The summed E-state index contributed by atoms with van der Waals surface area (Å²) in [6.07, 6.45) is 0.781. The monoisotopic (exact) mass is 294 g/mol. The quantitative estimate of drug-likeness (QED) is 0.920. The highest BCUT2D eigenvalue weighted by molar-refractivity contribution is 6.31. The molecular formula is C15H19ClN2O2. The number of ether oxygens (including phenoxy) is 1. The molecule has 0 spiro atoms. The third-order valence-corrected chi connectivity index (χ3v) is 3.43. The summed E-state index contributed by atoms with van der Waals surface area (Å²) in [6, 6.07) is 7.78. The summed E-state index contributed by atoms with van der Waals surface area (Å²) >= 11 is 6.15. The number of halogens is 1. The molecule has 1 heterocycles. The summed E-state index contributed by atoms with van der Waals surface area (Å²) in [4.78, 5) is 0. The maximum atomic E-state index is 10.5. The number of aromatic nitrogens is 2. The van der Waals surface area contributed by atoms with Crippen molar-refractivity contribution in [1.29, 1.82) is 0 Å². The molecule has 1 N–H and O–H groups in total. The Labute approximate surface area is 123 Å². The van der Waals surface area contributed by atoms with Crippen molar-refractivity contribution < 1.29 is 9.84 Å². The lowest BCUT2D eigenvalue weighted by Crippen LogP contribution is -2.12. The van der Waals surface area contributed by atoms with E-state index in [0.29, 0.717) is 17.3 Å². The van der Waals surface area contributed by atoms with Crippen molar-refractivity contribution in [3.8, 4) is 0 Å². The molecule has 1 atom stereocenters. The van der Waals surface area contributed by atoms with Gasteiger partial charge >= 0.3 is 0 Å². The van der Waals surface area contributed by atoms with E-state index in [0.717, 1.165) is 11.1 Å². The first kappa shape index (κ1) is 15.0. The third-order valence-electron chi connectivity index (χ3n) is 3.14. The molecule has 1 unspecified atom stereocenters. The number of benzene rings is 1. The highest BCUT2D eigenvalue weighted by Crippen LogP contribution is 2.30. The fourth-order valence-corrected chi connectivity index (χ4v) is 2.37. The number of rotatable bonds is 5. The van der Waals surface area contributed by atoms with E-state index in [4.69, 9.17) is 16.3 Å². The van der Waals surface area contributed by atoms with E-state index in [1.54, 1.807) is 18.0 Å². The second-order valence-corrected chi connectivity index (χ2v) is 5.40. The SMILES string of the molecule is COCc1ccc(C(O)c2c(Cl)cnn2C(C)C)cc1. The molecule has 0 bridgehead atoms. The van der Waals surface area contributed by atoms with E-state index in [1.165, 1.54) is 0 Å². The molecule has 5 heteroatoms. The number of methoxy groups -OCH3 is 1. The van der Waals surface area contributed by atoms with Gasteiger partial charge < -0.3 is 9.84 Å². The van der Waals surface area contributed by atoms with Crippen molar-refractivity contribution in [2.75, 3.05) is 7.11 Å². The molecule has 0 aliphatic rings. The Hall–Kier alpha value is -1.36. The Kier molecular flexibility index (Phi) is 4.81. The van der Waals surface area contributed by atoms with E-state index >= 15 is 0 Å². The van der Waals surface area contributed by atoms with E-state index in [-0.39, 0.29) is 6.04 Å². The molecule has 20 heavy (non-hydrogen) atoms. The highest BCUT2D eigenvalue weighted by atomic mass is 35.5. The number of aliphatic hydroxyl groups excluding tert-OH is 1. The van der Waals surface area contributed by atoms with Gasteiger partial charge in [-0.15, -0.1) is 0 Å². The van der Waals surface area contributed by atoms with Crippen molar-refractivity contribution >= 4 is 11.6 Å². The van der Waals surface area contributed by atoms with Crippen LogP contribution in [-0.2, 0) is 11.3 Å². The molecule has 0 aliphatic carbocycles. The van der Waals surface area contributed by atoms with Gasteiger partial charge in [0.2, 0.25) is 0 Å². The molecule has 4 nitrogen and oxygen atoms in total. The Balaban J connectivity index is 2.31. The van der Waals surface area contributed by atoms with E-state index in [1.807, 2.05) is 38.1 Å². The molecule has 0 aliphatic heterocycles. The molecule has 2 aromatic rings. The van der Waals surface area contributed by atoms with Crippen LogP contribution in [-0.4, -0.2) is 22.0 Å². The summed E-state index contributed by atoms with van der Waals surface area (Å²) in [5.74, 6) is 0. The van der Waals surface area contributed by atoms with Crippen LogP contribution in [0.5, 0.6) is 0 Å². The largest absolute Gasteiger partial charge is 0.382 e. The van der Waals surface area contributed by atoms with Gasteiger partial charge in [0, 0.05) is 13.2 Å². The first-order chi connectivity index (χ1) is 9.54. The summed E-state index contributed by atoms with van der Waals surface area (Å²) in [5, 5.41) is 15.2. The number of aliphatic hydroxyl groups is 1. The predicted molar refractivity (Wildman–Crippen MR) is 78.8 cm³/mol. The second kappa shape index (κ2) is 6.39. The van der Waals surface area contributed by atoms with Crippen LogP contribution in [0.4, 0.5) is 0 Å². The van der Waals surface area contributed by atoms with Crippen LogP contribution in [0.25, 0.3) is 0 Å². The molecule has 0 saturated heterocycles. The average molecular weight is 295 g/mol. The van der Waals surface area contributed by atoms with Crippen LogP contribution in [0.1, 0.15) is 42.8 Å². The molecule has 0 radical (unpaired) electrons. The van der Waals surface area contributed by atoms with Crippen molar-refractivity contribution in [3.63, 3.8) is 0 Å². The zero-order chi connectivity index (χ0) is 14.7. The van der Waals surface area contributed by atoms with Crippen LogP contribution in [0.15, 0.2) is 30.5 Å². The molecule has 0 saturated carbocycles. The Morgan fingerprint density at radius 3 is 2.50 bits per heavy atom. The zero-order valence-corrected chi connectivity index (χ0v) is 12.6. The first-order valence-corrected chi connectivity index (χ1v) is 6.91. The summed E-state index contributed by atoms with van der Waals surface area (Å²) in [7, 11) is 1.66. The molecule has 1 aromatic carbocycles. The lowest BCUT2D eigenvalue weighted by molar-refractivity contribution is 0.184. The van der Waals surface area contributed by atoms with Crippen molar-refractivity contribution in [2.45, 2.75) is 32.6 Å². The molecule has 2 rings (SSSR count). The van der Waals surface area contributed by atoms with Crippen molar-refractivity contribution in [1.82, 2.24) is 9.78 Å². The van der Waals surface area contributed by atoms with Gasteiger partial charge in [0.15, 0.2) is 0 Å². The van der Waals surface area contributed by atoms with Gasteiger partial charge in [-0.25, -0.2) is 0 Å². The Bertz CT molecular complexity index is 564. The molecule has 1 aromatic heterocycles. The first-order valence-electron chi connectivity index (χ1n) is 6.53. The van der Waals surface area contributed by atoms with Crippen molar-refractivity contribution in [2.24, 2.45) is 0 Å². The van der Waals surface area contributed by atoms with Crippen LogP contribution in [0.3, 0.4) is 0 Å². The summed E-state index contributed by atoms with van der Waals surface area (Å²) < 4.78 is 6.82. The third kappa shape index (κ3) is 3.03. The smallest absolute Gasteiger partial charge is 0.122 e. The lowest BCUT2D eigenvalue weighted by Gasteiger charge is -2.17.